The van der Waals surface area contributed by atoms with Gasteiger partial charge in [0, 0.05) is 18.0 Å². The first-order valence-electron chi connectivity index (χ1n) is 4.74. The summed E-state index contributed by atoms with van der Waals surface area (Å²) in [6, 6.07) is 3.75. The Hall–Kier alpha value is -1.31. The van der Waals surface area contributed by atoms with E-state index in [1.54, 1.807) is 17.0 Å². The van der Waals surface area contributed by atoms with Gasteiger partial charge in [0.1, 0.15) is 0 Å². The molecule has 1 aliphatic carbocycles. The summed E-state index contributed by atoms with van der Waals surface area (Å²) >= 11 is 0. The maximum atomic E-state index is 11.8. The highest BCUT2D eigenvalue weighted by atomic mass is 16.2. The monoisotopic (exact) mass is 175 g/mol. The molecule has 0 atom stereocenters. The number of carbonyl (C=O) groups is 1. The molecule has 2 nitrogen and oxygen atoms in total. The highest BCUT2D eigenvalue weighted by Gasteiger charge is 2.12. The van der Waals surface area contributed by atoms with Crippen molar-refractivity contribution in [3.63, 3.8) is 0 Å². The molecule has 1 aromatic heterocycles. The van der Waals surface area contributed by atoms with Gasteiger partial charge in [-0.25, -0.2) is 0 Å². The van der Waals surface area contributed by atoms with Crippen LogP contribution in [-0.2, 0) is 0 Å². The van der Waals surface area contributed by atoms with Crippen LogP contribution in [-0.4, -0.2) is 10.5 Å². The smallest absolute Gasteiger partial charge is 0.257 e. The third-order valence-corrected chi connectivity index (χ3v) is 2.40. The van der Waals surface area contributed by atoms with Crippen molar-refractivity contribution in [2.75, 3.05) is 0 Å². The molecule has 0 radical (unpaired) electrons. The van der Waals surface area contributed by atoms with Crippen LogP contribution >= 0.6 is 0 Å². The third-order valence-electron chi connectivity index (χ3n) is 2.40. The molecular weight excluding hydrogens is 162 g/mol. The van der Waals surface area contributed by atoms with Crippen LogP contribution in [0.25, 0.3) is 0 Å². The van der Waals surface area contributed by atoms with Crippen molar-refractivity contribution in [2.45, 2.75) is 25.7 Å². The molecule has 0 N–H and O–H groups in total. The van der Waals surface area contributed by atoms with Crippen LogP contribution in [0.4, 0.5) is 0 Å². The Morgan fingerprint density at radius 1 is 1.23 bits per heavy atom. The first kappa shape index (κ1) is 8.30. The van der Waals surface area contributed by atoms with Crippen molar-refractivity contribution in [1.29, 1.82) is 0 Å². The van der Waals surface area contributed by atoms with E-state index in [4.69, 9.17) is 0 Å². The minimum absolute atomic E-state index is 0.143. The summed E-state index contributed by atoms with van der Waals surface area (Å²) in [6.45, 7) is 0. The molecule has 0 saturated carbocycles. The topological polar surface area (TPSA) is 22.0 Å². The Labute approximate surface area is 77.9 Å². The summed E-state index contributed by atoms with van der Waals surface area (Å²) < 4.78 is 1.65. The van der Waals surface area contributed by atoms with Gasteiger partial charge in [0.25, 0.3) is 5.91 Å². The Bertz CT molecular complexity index is 322. The van der Waals surface area contributed by atoms with E-state index in [9.17, 15) is 4.79 Å². The van der Waals surface area contributed by atoms with Crippen molar-refractivity contribution >= 4 is 5.91 Å². The molecule has 0 bridgehead atoms. The molecule has 68 valence electrons. The minimum atomic E-state index is 0.143. The highest BCUT2D eigenvalue weighted by Crippen LogP contribution is 2.18. The molecule has 0 spiro atoms. The van der Waals surface area contributed by atoms with E-state index in [-0.39, 0.29) is 5.91 Å². The van der Waals surface area contributed by atoms with Gasteiger partial charge in [-0.15, -0.1) is 0 Å². The van der Waals surface area contributed by atoms with E-state index in [0.29, 0.717) is 0 Å². The van der Waals surface area contributed by atoms with E-state index in [0.717, 1.165) is 24.8 Å². The lowest BCUT2D eigenvalue weighted by Crippen LogP contribution is -2.12. The number of carbonyl (C=O) groups excluding carboxylic acids is 1. The predicted octanol–water partition coefficient (Wildman–Crippen LogP) is 2.63. The summed E-state index contributed by atoms with van der Waals surface area (Å²) in [7, 11) is 0. The summed E-state index contributed by atoms with van der Waals surface area (Å²) in [5, 5.41) is 0. The molecule has 2 rings (SSSR count). The van der Waals surface area contributed by atoms with E-state index in [1.165, 1.54) is 6.42 Å². The number of hydrogen-bond donors (Lipinski definition) is 0. The van der Waals surface area contributed by atoms with Crippen molar-refractivity contribution in [3.8, 4) is 0 Å². The first-order valence-corrected chi connectivity index (χ1v) is 4.74. The van der Waals surface area contributed by atoms with Gasteiger partial charge in [0.2, 0.25) is 0 Å². The molecule has 13 heavy (non-hydrogen) atoms. The molecule has 0 fully saturated rings. The molecule has 2 heteroatoms. The standard InChI is InChI=1S/C11H13NO/c13-11(12-8-4-5-9-12)10-6-2-1-3-7-10/h4-6,8-9H,1-3,7H2. The molecule has 0 amide bonds. The maximum Gasteiger partial charge on any atom is 0.257 e. The minimum Gasteiger partial charge on any atom is -0.291 e. The Morgan fingerprint density at radius 3 is 2.62 bits per heavy atom. The Morgan fingerprint density at radius 2 is 2.00 bits per heavy atom. The van der Waals surface area contributed by atoms with Crippen LogP contribution in [0.1, 0.15) is 30.5 Å². The summed E-state index contributed by atoms with van der Waals surface area (Å²) in [5.74, 6) is 0.143. The molecule has 0 aliphatic heterocycles. The van der Waals surface area contributed by atoms with E-state index >= 15 is 0 Å². The summed E-state index contributed by atoms with van der Waals surface area (Å²) in [6.07, 6.45) is 10.1. The predicted molar refractivity (Wildman–Crippen MR) is 51.6 cm³/mol. The number of aromatic nitrogens is 1. The van der Waals surface area contributed by atoms with Gasteiger partial charge >= 0.3 is 0 Å². The van der Waals surface area contributed by atoms with Crippen LogP contribution in [0.5, 0.6) is 0 Å². The lowest BCUT2D eigenvalue weighted by atomic mass is 9.99. The zero-order valence-electron chi connectivity index (χ0n) is 7.57. The SMILES string of the molecule is O=C(C1=CCCCC1)n1cccc1. The van der Waals surface area contributed by atoms with E-state index in [2.05, 4.69) is 6.08 Å². The Kier molecular flexibility index (Phi) is 2.30. The summed E-state index contributed by atoms with van der Waals surface area (Å²) in [5.41, 5.74) is 0.974. The molecular formula is C11H13NO. The molecule has 0 saturated heterocycles. The zero-order valence-corrected chi connectivity index (χ0v) is 7.57. The van der Waals surface area contributed by atoms with Gasteiger partial charge in [-0.1, -0.05) is 6.08 Å². The average Bonchev–Trinajstić information content (AvgIpc) is 2.71. The van der Waals surface area contributed by atoms with Gasteiger partial charge in [0.05, 0.1) is 0 Å². The number of rotatable bonds is 1. The molecule has 1 aliphatic rings. The van der Waals surface area contributed by atoms with Crippen LogP contribution in [0.3, 0.4) is 0 Å². The molecule has 0 unspecified atom stereocenters. The fraction of sp³-hybridized carbons (Fsp3) is 0.364. The maximum absolute atomic E-state index is 11.8. The second-order valence-electron chi connectivity index (χ2n) is 3.37. The van der Waals surface area contributed by atoms with E-state index < -0.39 is 0 Å². The average molecular weight is 175 g/mol. The largest absolute Gasteiger partial charge is 0.291 e. The highest BCUT2D eigenvalue weighted by molar-refractivity contribution is 5.95. The van der Waals surface area contributed by atoms with Gasteiger partial charge in [-0.2, -0.15) is 0 Å². The van der Waals surface area contributed by atoms with Crippen molar-refractivity contribution in [2.24, 2.45) is 0 Å². The fourth-order valence-corrected chi connectivity index (χ4v) is 1.67. The lowest BCUT2D eigenvalue weighted by molar-refractivity contribution is 0.0949. The van der Waals surface area contributed by atoms with Crippen molar-refractivity contribution in [3.05, 3.63) is 36.2 Å². The van der Waals surface area contributed by atoms with Crippen LogP contribution in [0.2, 0.25) is 0 Å². The van der Waals surface area contributed by atoms with E-state index in [1.807, 2.05) is 12.1 Å². The molecule has 0 aromatic carbocycles. The summed E-state index contributed by atoms with van der Waals surface area (Å²) in [4.78, 5) is 11.8. The lowest BCUT2D eigenvalue weighted by Gasteiger charge is -2.11. The number of allylic oxidation sites excluding steroid dienone is 2. The van der Waals surface area contributed by atoms with Gasteiger partial charge in [0.15, 0.2) is 0 Å². The fourth-order valence-electron chi connectivity index (χ4n) is 1.67. The van der Waals surface area contributed by atoms with Crippen LogP contribution in [0, 0.1) is 0 Å². The second kappa shape index (κ2) is 3.60. The normalized spacial score (nSPS) is 16.8. The molecule has 1 heterocycles. The first-order chi connectivity index (χ1) is 6.38. The second-order valence-corrected chi connectivity index (χ2v) is 3.37. The van der Waals surface area contributed by atoms with Crippen molar-refractivity contribution in [1.82, 2.24) is 4.57 Å². The van der Waals surface area contributed by atoms with Crippen LogP contribution < -0.4 is 0 Å². The van der Waals surface area contributed by atoms with Crippen LogP contribution in [0.15, 0.2) is 36.2 Å². The number of hydrogen-bond acceptors (Lipinski definition) is 1. The zero-order chi connectivity index (χ0) is 9.10. The van der Waals surface area contributed by atoms with Crippen molar-refractivity contribution < 1.29 is 4.79 Å². The molecule has 1 aromatic rings. The van der Waals surface area contributed by atoms with Gasteiger partial charge in [-0.3, -0.25) is 9.36 Å². The third kappa shape index (κ3) is 1.72. The Balaban J connectivity index is 2.17. The number of nitrogens with zero attached hydrogens (tertiary/aromatic N) is 1. The van der Waals surface area contributed by atoms with Gasteiger partial charge < -0.3 is 0 Å². The van der Waals surface area contributed by atoms with Gasteiger partial charge in [-0.05, 0) is 37.8 Å². The quantitative estimate of drug-likeness (QED) is 0.643.